The first-order valence-corrected chi connectivity index (χ1v) is 6.32. The molecular formula is C8H19NO3S. The number of unbranched alkanes of at least 4 members (excludes halogenated alkanes) is 1. The molecule has 0 aromatic carbocycles. The Labute approximate surface area is 80.9 Å². The lowest BCUT2D eigenvalue weighted by molar-refractivity contribution is -0.0743. The summed E-state index contributed by atoms with van der Waals surface area (Å²) in [5.41, 5.74) is 0. The molecule has 4 nitrogen and oxygen atoms in total. The summed E-state index contributed by atoms with van der Waals surface area (Å²) in [5, 5.41) is 0. The third-order valence-corrected chi connectivity index (χ3v) is 3.39. The minimum atomic E-state index is -3.19. The molecule has 0 radical (unpaired) electrons. The van der Waals surface area contributed by atoms with Crippen LogP contribution in [-0.2, 0) is 14.9 Å². The third kappa shape index (κ3) is 4.59. The SMILES string of the molecule is CCCCS(=O)(=O)N(CC)OCC. The summed E-state index contributed by atoms with van der Waals surface area (Å²) in [7, 11) is -3.19. The highest BCUT2D eigenvalue weighted by Crippen LogP contribution is 2.05. The summed E-state index contributed by atoms with van der Waals surface area (Å²) >= 11 is 0. The van der Waals surface area contributed by atoms with Gasteiger partial charge in [0.2, 0.25) is 10.0 Å². The molecule has 0 spiro atoms. The van der Waals surface area contributed by atoms with Crippen molar-refractivity contribution in [3.63, 3.8) is 0 Å². The monoisotopic (exact) mass is 209 g/mol. The van der Waals surface area contributed by atoms with Crippen LogP contribution in [0.4, 0.5) is 0 Å². The first-order valence-electron chi connectivity index (χ1n) is 4.71. The number of hydroxylamine groups is 1. The Morgan fingerprint density at radius 1 is 1.23 bits per heavy atom. The van der Waals surface area contributed by atoms with Crippen molar-refractivity contribution in [3.05, 3.63) is 0 Å². The predicted molar refractivity (Wildman–Crippen MR) is 52.7 cm³/mol. The van der Waals surface area contributed by atoms with E-state index in [0.29, 0.717) is 19.6 Å². The van der Waals surface area contributed by atoms with Gasteiger partial charge < -0.3 is 0 Å². The molecule has 80 valence electrons. The summed E-state index contributed by atoms with van der Waals surface area (Å²) in [6.45, 7) is 6.27. The Hall–Kier alpha value is -0.130. The number of hydrogen-bond acceptors (Lipinski definition) is 3. The second kappa shape index (κ2) is 6.34. The molecule has 0 saturated carbocycles. The molecule has 0 atom stereocenters. The molecule has 0 bridgehead atoms. The second-order valence-corrected chi connectivity index (χ2v) is 4.69. The lowest BCUT2D eigenvalue weighted by atomic mass is 10.4. The van der Waals surface area contributed by atoms with E-state index in [-0.39, 0.29) is 5.75 Å². The van der Waals surface area contributed by atoms with Crippen molar-refractivity contribution in [2.24, 2.45) is 0 Å². The molecule has 5 heteroatoms. The van der Waals surface area contributed by atoms with Crippen molar-refractivity contribution >= 4 is 10.0 Å². The Kier molecular flexibility index (Phi) is 6.28. The quantitative estimate of drug-likeness (QED) is 0.595. The molecule has 0 heterocycles. The van der Waals surface area contributed by atoms with Gasteiger partial charge >= 0.3 is 0 Å². The van der Waals surface area contributed by atoms with E-state index in [1.807, 2.05) is 6.92 Å². The largest absolute Gasteiger partial charge is 0.285 e. The number of hydrogen-bond donors (Lipinski definition) is 0. The second-order valence-electron chi connectivity index (χ2n) is 2.71. The fourth-order valence-corrected chi connectivity index (χ4v) is 2.46. The van der Waals surface area contributed by atoms with Gasteiger partial charge in [-0.3, -0.25) is 4.84 Å². The maximum absolute atomic E-state index is 11.5. The van der Waals surface area contributed by atoms with Crippen molar-refractivity contribution in [2.75, 3.05) is 18.9 Å². The molecule has 0 fully saturated rings. The van der Waals surface area contributed by atoms with Gasteiger partial charge in [0, 0.05) is 6.54 Å². The first kappa shape index (κ1) is 12.9. The van der Waals surface area contributed by atoms with Gasteiger partial charge in [-0.2, -0.15) is 0 Å². The van der Waals surface area contributed by atoms with Crippen LogP contribution < -0.4 is 0 Å². The Morgan fingerprint density at radius 3 is 2.23 bits per heavy atom. The molecule has 0 rings (SSSR count). The summed E-state index contributed by atoms with van der Waals surface area (Å²) in [4.78, 5) is 5.00. The molecule has 13 heavy (non-hydrogen) atoms. The zero-order valence-corrected chi connectivity index (χ0v) is 9.43. The molecule has 0 aliphatic heterocycles. The summed E-state index contributed by atoms with van der Waals surface area (Å²) in [5.74, 6) is 0.178. The maximum Gasteiger partial charge on any atom is 0.236 e. The van der Waals surface area contributed by atoms with E-state index in [9.17, 15) is 8.42 Å². The first-order chi connectivity index (χ1) is 6.08. The fourth-order valence-electron chi connectivity index (χ4n) is 0.941. The Bertz CT molecular complexity index is 213. The van der Waals surface area contributed by atoms with Crippen molar-refractivity contribution in [1.29, 1.82) is 0 Å². The van der Waals surface area contributed by atoms with Crippen LogP contribution in [0, 0.1) is 0 Å². The van der Waals surface area contributed by atoms with Crippen LogP contribution in [0.3, 0.4) is 0 Å². The summed E-state index contributed by atoms with van der Waals surface area (Å²) in [6, 6.07) is 0. The smallest absolute Gasteiger partial charge is 0.236 e. The summed E-state index contributed by atoms with van der Waals surface area (Å²) in [6.07, 6.45) is 1.56. The van der Waals surface area contributed by atoms with Gasteiger partial charge in [0.15, 0.2) is 0 Å². The normalized spacial score (nSPS) is 12.3. The van der Waals surface area contributed by atoms with Gasteiger partial charge in [0.25, 0.3) is 0 Å². The number of sulfonamides is 1. The maximum atomic E-state index is 11.5. The van der Waals surface area contributed by atoms with E-state index in [0.717, 1.165) is 10.9 Å². The van der Waals surface area contributed by atoms with Crippen molar-refractivity contribution in [1.82, 2.24) is 4.47 Å². The molecule has 0 aliphatic rings. The number of rotatable bonds is 7. The standard InChI is InChI=1S/C8H19NO3S/c1-4-7-8-13(10,11)9(5-2)12-6-3/h4-8H2,1-3H3. The minimum Gasteiger partial charge on any atom is -0.285 e. The average Bonchev–Trinajstić information content (AvgIpc) is 2.10. The van der Waals surface area contributed by atoms with Crippen LogP contribution in [-0.4, -0.2) is 31.8 Å². The lowest BCUT2D eigenvalue weighted by Gasteiger charge is -2.18. The third-order valence-electron chi connectivity index (χ3n) is 1.60. The van der Waals surface area contributed by atoms with Gasteiger partial charge in [-0.05, 0) is 20.3 Å². The van der Waals surface area contributed by atoms with Crippen molar-refractivity contribution < 1.29 is 13.3 Å². The molecule has 0 aromatic rings. The predicted octanol–water partition coefficient (Wildman–Crippen LogP) is 1.39. The van der Waals surface area contributed by atoms with Gasteiger partial charge in [-0.15, -0.1) is 0 Å². The van der Waals surface area contributed by atoms with E-state index in [1.165, 1.54) is 0 Å². The Morgan fingerprint density at radius 2 is 1.85 bits per heavy atom. The van der Waals surface area contributed by atoms with E-state index in [2.05, 4.69) is 0 Å². The molecule has 0 unspecified atom stereocenters. The highest BCUT2D eigenvalue weighted by atomic mass is 32.2. The van der Waals surface area contributed by atoms with Crippen LogP contribution in [0.25, 0.3) is 0 Å². The molecule has 0 aromatic heterocycles. The van der Waals surface area contributed by atoms with Crippen molar-refractivity contribution in [3.8, 4) is 0 Å². The lowest BCUT2D eigenvalue weighted by Crippen LogP contribution is -2.33. The topological polar surface area (TPSA) is 46.6 Å². The van der Waals surface area contributed by atoms with Gasteiger partial charge in [0.1, 0.15) is 0 Å². The van der Waals surface area contributed by atoms with E-state index >= 15 is 0 Å². The minimum absolute atomic E-state index is 0.178. The molecule has 0 N–H and O–H groups in total. The van der Waals surface area contributed by atoms with E-state index in [4.69, 9.17) is 4.84 Å². The average molecular weight is 209 g/mol. The fraction of sp³-hybridized carbons (Fsp3) is 1.00. The molecule has 0 saturated heterocycles. The molecule has 0 amide bonds. The highest BCUT2D eigenvalue weighted by molar-refractivity contribution is 7.88. The van der Waals surface area contributed by atoms with Gasteiger partial charge in [0.05, 0.1) is 12.4 Å². The van der Waals surface area contributed by atoms with Crippen LogP contribution in [0.15, 0.2) is 0 Å². The van der Waals surface area contributed by atoms with Crippen LogP contribution >= 0.6 is 0 Å². The van der Waals surface area contributed by atoms with Crippen LogP contribution in [0.2, 0.25) is 0 Å². The molecule has 0 aliphatic carbocycles. The van der Waals surface area contributed by atoms with Gasteiger partial charge in [-0.1, -0.05) is 17.8 Å². The highest BCUT2D eigenvalue weighted by Gasteiger charge is 2.19. The summed E-state index contributed by atoms with van der Waals surface area (Å²) < 4.78 is 24.1. The Balaban J connectivity index is 4.21. The van der Waals surface area contributed by atoms with E-state index in [1.54, 1.807) is 13.8 Å². The zero-order chi connectivity index (χ0) is 10.3. The van der Waals surface area contributed by atoms with Gasteiger partial charge in [-0.25, -0.2) is 8.42 Å². The van der Waals surface area contributed by atoms with E-state index < -0.39 is 10.0 Å². The number of nitrogens with zero attached hydrogens (tertiary/aromatic N) is 1. The van der Waals surface area contributed by atoms with Crippen LogP contribution in [0.1, 0.15) is 33.6 Å². The van der Waals surface area contributed by atoms with Crippen LogP contribution in [0.5, 0.6) is 0 Å². The molecular weight excluding hydrogens is 190 g/mol. The zero-order valence-electron chi connectivity index (χ0n) is 8.62. The van der Waals surface area contributed by atoms with Crippen molar-refractivity contribution in [2.45, 2.75) is 33.6 Å².